The lowest BCUT2D eigenvalue weighted by Crippen LogP contribution is -2.36. The van der Waals surface area contributed by atoms with Gasteiger partial charge in [0.2, 0.25) is 0 Å². The quantitative estimate of drug-likeness (QED) is 0.713. The van der Waals surface area contributed by atoms with Gasteiger partial charge in [-0.15, -0.1) is 0 Å². The summed E-state index contributed by atoms with van der Waals surface area (Å²) in [6.45, 7) is 5.98. The summed E-state index contributed by atoms with van der Waals surface area (Å²) in [4.78, 5) is 14.1. The number of halogens is 1. The molecule has 0 N–H and O–H groups in total. The minimum atomic E-state index is -3.76. The number of nitrogens with zero attached hydrogens (tertiary/aromatic N) is 1. The molecule has 0 bridgehead atoms. The average molecular weight is 406 g/mol. The first kappa shape index (κ1) is 19.5. The van der Waals surface area contributed by atoms with E-state index in [1.54, 1.807) is 61.5 Å². The van der Waals surface area contributed by atoms with Gasteiger partial charge in [-0.3, -0.25) is 4.90 Å². The van der Waals surface area contributed by atoms with Crippen molar-refractivity contribution < 1.29 is 17.9 Å². The Morgan fingerprint density at radius 1 is 1.19 bits per heavy atom. The molecule has 2 atom stereocenters. The molecule has 27 heavy (non-hydrogen) atoms. The Morgan fingerprint density at radius 3 is 2.41 bits per heavy atom. The highest BCUT2D eigenvalue weighted by Crippen LogP contribution is 2.42. The third-order valence-corrected chi connectivity index (χ3v) is 6.96. The molecule has 1 aliphatic rings. The molecule has 0 saturated carbocycles. The van der Waals surface area contributed by atoms with Crippen molar-refractivity contribution in [3.63, 3.8) is 0 Å². The van der Waals surface area contributed by atoms with Gasteiger partial charge in [0.25, 0.3) is 0 Å². The number of sulfone groups is 1. The topological polar surface area (TPSA) is 63.7 Å². The molecule has 7 heteroatoms. The number of carbonyl (C=O) groups is 1. The van der Waals surface area contributed by atoms with Gasteiger partial charge in [-0.2, -0.15) is 0 Å². The number of carbonyl (C=O) groups excluding carboxylic acids is 1. The van der Waals surface area contributed by atoms with Crippen LogP contribution < -0.4 is 0 Å². The average Bonchev–Trinajstić information content (AvgIpc) is 3.01. The van der Waals surface area contributed by atoms with Gasteiger partial charge in [0.05, 0.1) is 17.5 Å². The highest BCUT2D eigenvalue weighted by Gasteiger charge is 2.48. The maximum Gasteiger partial charge on any atom is 0.410 e. The number of ether oxygens (including phenoxy) is 1. The van der Waals surface area contributed by atoms with Crippen LogP contribution in [0.1, 0.15) is 18.5 Å². The van der Waals surface area contributed by atoms with Crippen molar-refractivity contribution in [3.05, 3.63) is 77.3 Å². The van der Waals surface area contributed by atoms with Crippen LogP contribution in [0.2, 0.25) is 5.02 Å². The van der Waals surface area contributed by atoms with E-state index in [0.717, 1.165) is 0 Å². The minimum Gasteiger partial charge on any atom is -0.450 e. The fourth-order valence-corrected chi connectivity index (χ4v) is 5.45. The summed E-state index contributed by atoms with van der Waals surface area (Å²) in [5, 5.41) is -0.439. The lowest BCUT2D eigenvalue weighted by Gasteiger charge is -2.27. The molecule has 3 rings (SSSR count). The maximum atomic E-state index is 13.4. The van der Waals surface area contributed by atoms with Crippen molar-refractivity contribution in [2.75, 3.05) is 13.2 Å². The van der Waals surface area contributed by atoms with Gasteiger partial charge in [0.1, 0.15) is 5.25 Å². The van der Waals surface area contributed by atoms with Crippen molar-refractivity contribution in [3.8, 4) is 0 Å². The Morgan fingerprint density at radius 2 is 1.81 bits per heavy atom. The highest BCUT2D eigenvalue weighted by atomic mass is 35.5. The second-order valence-electron chi connectivity index (χ2n) is 6.26. The summed E-state index contributed by atoms with van der Waals surface area (Å²) in [5.74, 6) is 0. The lowest BCUT2D eigenvalue weighted by atomic mass is 10.0. The van der Waals surface area contributed by atoms with Gasteiger partial charge in [-0.05, 0) is 42.3 Å². The molecule has 1 fully saturated rings. The Balaban J connectivity index is 2.11. The predicted octanol–water partition coefficient (Wildman–Crippen LogP) is 4.25. The molecule has 1 aliphatic heterocycles. The molecule has 0 unspecified atom stereocenters. The largest absolute Gasteiger partial charge is 0.450 e. The van der Waals surface area contributed by atoms with Gasteiger partial charge < -0.3 is 4.74 Å². The standard InChI is InChI=1S/C20H20ClNO4S/c1-3-26-20(23)22-13-14(2)19(18(22)15-9-11-16(21)12-10-15)27(24,25)17-7-5-4-6-8-17/h4-12,18-19H,2-3,13H2,1H3/t18-,19+/m1/s1. The Kier molecular flexibility index (Phi) is 5.58. The number of hydrogen-bond acceptors (Lipinski definition) is 4. The summed E-state index contributed by atoms with van der Waals surface area (Å²) < 4.78 is 31.9. The van der Waals surface area contributed by atoms with Gasteiger partial charge in [0, 0.05) is 11.6 Å². The zero-order chi connectivity index (χ0) is 19.6. The first-order valence-corrected chi connectivity index (χ1v) is 10.4. The first-order chi connectivity index (χ1) is 12.9. The van der Waals surface area contributed by atoms with E-state index < -0.39 is 27.2 Å². The van der Waals surface area contributed by atoms with Crippen LogP contribution >= 0.6 is 11.6 Å². The molecule has 0 spiro atoms. The molecule has 5 nitrogen and oxygen atoms in total. The molecule has 0 aromatic heterocycles. The second-order valence-corrected chi connectivity index (χ2v) is 8.77. The summed E-state index contributed by atoms with van der Waals surface area (Å²) in [5.41, 5.74) is 1.11. The first-order valence-electron chi connectivity index (χ1n) is 8.51. The molecular formula is C20H20ClNO4S. The summed E-state index contributed by atoms with van der Waals surface area (Å²) in [6, 6.07) is 14.3. The van der Waals surface area contributed by atoms with Gasteiger partial charge >= 0.3 is 6.09 Å². The van der Waals surface area contributed by atoms with Crippen molar-refractivity contribution in [2.45, 2.75) is 23.1 Å². The predicted molar refractivity (Wildman–Crippen MR) is 104 cm³/mol. The summed E-state index contributed by atoms with van der Waals surface area (Å²) >= 11 is 5.98. The van der Waals surface area contributed by atoms with E-state index in [1.807, 2.05) is 0 Å². The smallest absolute Gasteiger partial charge is 0.410 e. The number of rotatable bonds is 4. The maximum absolute atomic E-state index is 13.4. The van der Waals surface area contributed by atoms with Crippen molar-refractivity contribution in [1.29, 1.82) is 0 Å². The van der Waals surface area contributed by atoms with Crippen LogP contribution in [0.3, 0.4) is 0 Å². The summed E-state index contributed by atoms with van der Waals surface area (Å²) in [6.07, 6.45) is -0.565. The van der Waals surface area contributed by atoms with Crippen LogP contribution in [0.4, 0.5) is 4.79 Å². The molecule has 142 valence electrons. The van der Waals surface area contributed by atoms with E-state index in [4.69, 9.17) is 16.3 Å². The van der Waals surface area contributed by atoms with Crippen molar-refractivity contribution in [2.24, 2.45) is 0 Å². The van der Waals surface area contributed by atoms with Gasteiger partial charge in [0.15, 0.2) is 9.84 Å². The normalized spacial score (nSPS) is 19.9. The van der Waals surface area contributed by atoms with Crippen molar-refractivity contribution in [1.82, 2.24) is 4.90 Å². The zero-order valence-electron chi connectivity index (χ0n) is 14.8. The highest BCUT2D eigenvalue weighted by molar-refractivity contribution is 7.92. The van der Waals surface area contributed by atoms with Gasteiger partial charge in [-0.1, -0.05) is 48.5 Å². The van der Waals surface area contributed by atoms with Crippen LogP contribution in [0.15, 0.2) is 71.6 Å². The van der Waals surface area contributed by atoms with Crippen LogP contribution in [-0.4, -0.2) is 37.8 Å². The van der Waals surface area contributed by atoms with Crippen LogP contribution in [0.5, 0.6) is 0 Å². The monoisotopic (exact) mass is 405 g/mol. The minimum absolute atomic E-state index is 0.114. The number of hydrogen-bond donors (Lipinski definition) is 0. The van der Waals surface area contributed by atoms with E-state index in [-0.39, 0.29) is 18.0 Å². The Hall–Kier alpha value is -2.31. The van der Waals surface area contributed by atoms with Crippen LogP contribution in [-0.2, 0) is 14.6 Å². The second kappa shape index (κ2) is 7.74. The molecule has 2 aromatic rings. The van der Waals surface area contributed by atoms with Gasteiger partial charge in [-0.25, -0.2) is 13.2 Å². The molecule has 0 radical (unpaired) electrons. The van der Waals surface area contributed by atoms with Crippen LogP contribution in [0, 0.1) is 0 Å². The number of likely N-dealkylation sites (tertiary alicyclic amines) is 1. The molecule has 1 heterocycles. The molecule has 1 amide bonds. The third-order valence-electron chi connectivity index (χ3n) is 4.52. The Bertz CT molecular complexity index is 942. The van der Waals surface area contributed by atoms with Crippen LogP contribution in [0.25, 0.3) is 0 Å². The SMILES string of the molecule is C=C1CN(C(=O)OCC)[C@H](c2ccc(Cl)cc2)[C@H]1S(=O)(=O)c1ccccc1. The zero-order valence-corrected chi connectivity index (χ0v) is 16.4. The molecule has 0 aliphatic carbocycles. The summed E-state index contributed by atoms with van der Waals surface area (Å²) in [7, 11) is -3.76. The molecule has 1 saturated heterocycles. The fraction of sp³-hybridized carbons (Fsp3) is 0.250. The van der Waals surface area contributed by atoms with Crippen molar-refractivity contribution >= 4 is 27.5 Å². The van der Waals surface area contributed by atoms with E-state index in [9.17, 15) is 13.2 Å². The Labute approximate surface area is 164 Å². The lowest BCUT2D eigenvalue weighted by molar-refractivity contribution is 0.103. The molecular weight excluding hydrogens is 386 g/mol. The van der Waals surface area contributed by atoms with E-state index in [2.05, 4.69) is 6.58 Å². The third kappa shape index (κ3) is 3.73. The number of amides is 1. The van der Waals surface area contributed by atoms with E-state index in [1.165, 1.54) is 4.90 Å². The molecule has 2 aromatic carbocycles. The van der Waals surface area contributed by atoms with E-state index in [0.29, 0.717) is 16.2 Å². The van der Waals surface area contributed by atoms with E-state index >= 15 is 0 Å². The fourth-order valence-electron chi connectivity index (χ4n) is 3.34. The number of benzene rings is 2.